The Morgan fingerprint density at radius 2 is 1.88 bits per heavy atom. The molecule has 0 aromatic heterocycles. The highest BCUT2D eigenvalue weighted by Crippen LogP contribution is 2.43. The van der Waals surface area contributed by atoms with Crippen molar-refractivity contribution in [2.45, 2.75) is 6.54 Å². The second-order valence-electron chi connectivity index (χ2n) is 3.01. The zero-order chi connectivity index (χ0) is 12.8. The molecule has 0 aliphatic heterocycles. The minimum Gasteiger partial charge on any atom is -0.496 e. The third-order valence-electron chi connectivity index (χ3n) is 2.19. The average molecular weight is 302 g/mol. The van der Waals surface area contributed by atoms with Crippen LogP contribution < -0.4 is 14.2 Å². The summed E-state index contributed by atoms with van der Waals surface area (Å²) in [5, 5.41) is 0. The van der Waals surface area contributed by atoms with Crippen LogP contribution in [0, 0.1) is 0 Å². The number of halogens is 1. The number of aliphatic imine (C=N–C) groups is 1. The van der Waals surface area contributed by atoms with E-state index in [1.165, 1.54) is 27.4 Å². The maximum Gasteiger partial charge on any atom is 0.235 e. The van der Waals surface area contributed by atoms with Gasteiger partial charge in [0.05, 0.1) is 32.3 Å². The lowest BCUT2D eigenvalue weighted by atomic mass is 10.1. The van der Waals surface area contributed by atoms with E-state index in [4.69, 9.17) is 14.2 Å². The highest BCUT2D eigenvalue weighted by Gasteiger charge is 2.18. The molecule has 0 bridgehead atoms. The molecular formula is C11H12BrNO4. The number of methoxy groups -OCH3 is 3. The predicted molar refractivity (Wildman–Crippen MR) is 65.6 cm³/mol. The number of isocyanates is 1. The molecule has 0 saturated heterocycles. The normalized spacial score (nSPS) is 9.41. The van der Waals surface area contributed by atoms with Crippen molar-refractivity contribution in [3.8, 4) is 17.2 Å². The molecule has 0 amide bonds. The van der Waals surface area contributed by atoms with E-state index in [1.807, 2.05) is 0 Å². The van der Waals surface area contributed by atoms with E-state index in [0.29, 0.717) is 27.3 Å². The van der Waals surface area contributed by atoms with E-state index < -0.39 is 0 Å². The molecule has 5 nitrogen and oxygen atoms in total. The molecule has 17 heavy (non-hydrogen) atoms. The first kappa shape index (κ1) is 13.5. The van der Waals surface area contributed by atoms with E-state index in [1.54, 1.807) is 6.07 Å². The summed E-state index contributed by atoms with van der Waals surface area (Å²) in [7, 11) is 4.59. The van der Waals surface area contributed by atoms with Crippen molar-refractivity contribution in [1.82, 2.24) is 0 Å². The first-order chi connectivity index (χ1) is 8.19. The Labute approximate surface area is 108 Å². The van der Waals surface area contributed by atoms with Gasteiger partial charge in [-0.25, -0.2) is 9.79 Å². The molecular weight excluding hydrogens is 290 g/mol. The van der Waals surface area contributed by atoms with Crippen molar-refractivity contribution >= 4 is 22.0 Å². The number of rotatable bonds is 5. The van der Waals surface area contributed by atoms with Gasteiger partial charge in [-0.2, -0.15) is 0 Å². The molecule has 6 heteroatoms. The van der Waals surface area contributed by atoms with Crippen LogP contribution in [-0.2, 0) is 11.3 Å². The lowest BCUT2D eigenvalue weighted by Crippen LogP contribution is -1.98. The molecule has 0 unspecified atom stereocenters. The summed E-state index contributed by atoms with van der Waals surface area (Å²) in [4.78, 5) is 13.7. The fraction of sp³-hybridized carbons (Fsp3) is 0.364. The lowest BCUT2D eigenvalue weighted by molar-refractivity contribution is 0.345. The lowest BCUT2D eigenvalue weighted by Gasteiger charge is -2.15. The summed E-state index contributed by atoms with van der Waals surface area (Å²) in [6.45, 7) is 0.160. The Kier molecular flexibility index (Phi) is 5.00. The van der Waals surface area contributed by atoms with Crippen molar-refractivity contribution in [2.24, 2.45) is 4.99 Å². The Morgan fingerprint density at radius 1 is 1.24 bits per heavy atom. The maximum absolute atomic E-state index is 10.2. The number of hydrogen-bond donors (Lipinski definition) is 0. The molecule has 0 saturated carbocycles. The first-order valence-corrected chi connectivity index (χ1v) is 5.49. The molecule has 0 fully saturated rings. The zero-order valence-corrected chi connectivity index (χ0v) is 11.3. The molecule has 1 rings (SSSR count). The summed E-state index contributed by atoms with van der Waals surface area (Å²) in [5.74, 6) is 1.63. The van der Waals surface area contributed by atoms with Gasteiger partial charge in [0.1, 0.15) is 5.75 Å². The van der Waals surface area contributed by atoms with Gasteiger partial charge in [0.2, 0.25) is 6.08 Å². The van der Waals surface area contributed by atoms with Crippen LogP contribution in [0.4, 0.5) is 0 Å². The van der Waals surface area contributed by atoms with Crippen LogP contribution in [-0.4, -0.2) is 27.4 Å². The molecule has 0 spiro atoms. The van der Waals surface area contributed by atoms with Crippen molar-refractivity contribution in [1.29, 1.82) is 0 Å². The number of hydrogen-bond acceptors (Lipinski definition) is 5. The SMILES string of the molecule is COc1cc(OC)c(OC)c(Br)c1CN=C=O. The molecule has 92 valence electrons. The monoisotopic (exact) mass is 301 g/mol. The van der Waals surface area contributed by atoms with Gasteiger partial charge in [0.15, 0.2) is 11.5 Å². The van der Waals surface area contributed by atoms with Crippen LogP contribution in [0.3, 0.4) is 0 Å². The molecule has 0 N–H and O–H groups in total. The number of ether oxygens (including phenoxy) is 3. The third kappa shape index (κ3) is 2.78. The molecule has 0 aliphatic carbocycles. The van der Waals surface area contributed by atoms with Crippen LogP contribution in [0.2, 0.25) is 0 Å². The quantitative estimate of drug-likeness (QED) is 0.618. The number of benzene rings is 1. The van der Waals surface area contributed by atoms with Crippen molar-refractivity contribution in [3.63, 3.8) is 0 Å². The van der Waals surface area contributed by atoms with E-state index in [0.717, 1.165) is 0 Å². The molecule has 1 aromatic rings. The van der Waals surface area contributed by atoms with E-state index in [2.05, 4.69) is 20.9 Å². The van der Waals surface area contributed by atoms with E-state index >= 15 is 0 Å². The minimum atomic E-state index is 0.160. The molecule has 0 atom stereocenters. The summed E-state index contributed by atoms with van der Waals surface area (Å²) >= 11 is 3.38. The standard InChI is InChI=1S/C11H12BrNO4/c1-15-8-4-9(16-2)11(17-3)10(12)7(8)5-13-6-14/h4H,5H2,1-3H3. The number of carbonyl (C=O) groups excluding carboxylic acids is 1. The first-order valence-electron chi connectivity index (χ1n) is 4.70. The van der Waals surface area contributed by atoms with Crippen LogP contribution in [0.15, 0.2) is 15.5 Å². The third-order valence-corrected chi connectivity index (χ3v) is 3.03. The van der Waals surface area contributed by atoms with E-state index in [-0.39, 0.29) is 6.54 Å². The average Bonchev–Trinajstić information content (AvgIpc) is 2.36. The molecule has 0 radical (unpaired) electrons. The van der Waals surface area contributed by atoms with Gasteiger partial charge < -0.3 is 14.2 Å². The van der Waals surface area contributed by atoms with Crippen molar-refractivity contribution < 1.29 is 19.0 Å². The summed E-state index contributed by atoms with van der Waals surface area (Å²) in [6, 6.07) is 1.68. The Hall–Kier alpha value is -1.52. The zero-order valence-electron chi connectivity index (χ0n) is 9.74. The smallest absolute Gasteiger partial charge is 0.235 e. The molecule has 0 heterocycles. The van der Waals surface area contributed by atoms with Crippen LogP contribution in [0.25, 0.3) is 0 Å². The predicted octanol–water partition coefficient (Wildman–Crippen LogP) is 2.31. The van der Waals surface area contributed by atoms with Crippen molar-refractivity contribution in [3.05, 3.63) is 16.1 Å². The second-order valence-corrected chi connectivity index (χ2v) is 3.81. The largest absolute Gasteiger partial charge is 0.496 e. The van der Waals surface area contributed by atoms with Gasteiger partial charge in [-0.15, -0.1) is 0 Å². The van der Waals surface area contributed by atoms with E-state index in [9.17, 15) is 4.79 Å². The van der Waals surface area contributed by atoms with Gasteiger partial charge in [-0.3, -0.25) is 0 Å². The van der Waals surface area contributed by atoms with Crippen LogP contribution in [0.5, 0.6) is 17.2 Å². The second kappa shape index (κ2) is 6.27. The Morgan fingerprint density at radius 3 is 2.35 bits per heavy atom. The minimum absolute atomic E-state index is 0.160. The van der Waals surface area contributed by atoms with Gasteiger partial charge in [-0.05, 0) is 15.9 Å². The summed E-state index contributed by atoms with van der Waals surface area (Å²) < 4.78 is 16.3. The number of nitrogens with zero attached hydrogens (tertiary/aromatic N) is 1. The highest BCUT2D eigenvalue weighted by molar-refractivity contribution is 9.10. The summed E-state index contributed by atoms with van der Waals surface area (Å²) in [6.07, 6.45) is 1.49. The van der Waals surface area contributed by atoms with Crippen LogP contribution >= 0.6 is 15.9 Å². The Bertz CT molecular complexity index is 455. The molecule has 1 aromatic carbocycles. The van der Waals surface area contributed by atoms with Gasteiger partial charge in [0, 0.05) is 11.6 Å². The van der Waals surface area contributed by atoms with Gasteiger partial charge in [0.25, 0.3) is 0 Å². The Balaban J connectivity index is 3.40. The molecule has 0 aliphatic rings. The van der Waals surface area contributed by atoms with Crippen molar-refractivity contribution in [2.75, 3.05) is 21.3 Å². The fourth-order valence-electron chi connectivity index (χ4n) is 1.41. The van der Waals surface area contributed by atoms with Gasteiger partial charge in [-0.1, -0.05) is 0 Å². The maximum atomic E-state index is 10.2. The summed E-state index contributed by atoms with van der Waals surface area (Å²) in [5.41, 5.74) is 0.702. The van der Waals surface area contributed by atoms with Gasteiger partial charge >= 0.3 is 0 Å². The van der Waals surface area contributed by atoms with Crippen LogP contribution in [0.1, 0.15) is 5.56 Å². The highest BCUT2D eigenvalue weighted by atomic mass is 79.9. The fourth-order valence-corrected chi connectivity index (χ4v) is 2.09. The topological polar surface area (TPSA) is 57.1 Å².